The zero-order valence-corrected chi connectivity index (χ0v) is 14.9. The van der Waals surface area contributed by atoms with Gasteiger partial charge in [0.25, 0.3) is 5.91 Å². The molecule has 1 atom stereocenters. The highest BCUT2D eigenvalue weighted by Crippen LogP contribution is 2.36. The van der Waals surface area contributed by atoms with Crippen molar-refractivity contribution in [1.29, 1.82) is 0 Å². The van der Waals surface area contributed by atoms with Crippen molar-refractivity contribution in [3.8, 4) is 0 Å². The molecule has 7 heteroatoms. The molecule has 0 radical (unpaired) electrons. The third kappa shape index (κ3) is 3.59. The van der Waals surface area contributed by atoms with E-state index in [1.807, 2.05) is 4.90 Å². The lowest BCUT2D eigenvalue weighted by Crippen LogP contribution is -2.67. The topological polar surface area (TPSA) is 65.8 Å². The molecule has 0 aliphatic carbocycles. The van der Waals surface area contributed by atoms with E-state index in [2.05, 4.69) is 5.10 Å². The van der Waals surface area contributed by atoms with Gasteiger partial charge < -0.3 is 19.1 Å². The van der Waals surface area contributed by atoms with Gasteiger partial charge in [-0.25, -0.2) is 0 Å². The Kier molecular flexibility index (Phi) is 4.80. The largest absolute Gasteiger partial charge is 0.381 e. The van der Waals surface area contributed by atoms with E-state index in [9.17, 15) is 4.79 Å². The van der Waals surface area contributed by atoms with Crippen LogP contribution in [0.5, 0.6) is 0 Å². The molecule has 1 spiro atoms. The summed E-state index contributed by atoms with van der Waals surface area (Å²) in [6.45, 7) is 4.55. The van der Waals surface area contributed by atoms with Gasteiger partial charge in [0.1, 0.15) is 11.3 Å². The number of aryl methyl sites for hydroxylation is 1. The minimum atomic E-state index is -0.215. The minimum absolute atomic E-state index is 0.0273. The van der Waals surface area contributed by atoms with Crippen LogP contribution in [0.15, 0.2) is 12.3 Å². The lowest BCUT2D eigenvalue weighted by Gasteiger charge is -2.53. The van der Waals surface area contributed by atoms with E-state index >= 15 is 0 Å². The number of amides is 1. The number of hydrogen-bond donors (Lipinski definition) is 0. The number of nitrogens with zero attached hydrogens (tertiary/aromatic N) is 3. The molecule has 1 aromatic rings. The van der Waals surface area contributed by atoms with Crippen molar-refractivity contribution in [2.75, 3.05) is 39.5 Å². The maximum absolute atomic E-state index is 12.5. The third-order valence-corrected chi connectivity index (χ3v) is 5.64. The first kappa shape index (κ1) is 17.0. The molecule has 4 rings (SSSR count). The van der Waals surface area contributed by atoms with Gasteiger partial charge in [-0.1, -0.05) is 0 Å². The molecule has 3 aliphatic rings. The fourth-order valence-corrected chi connectivity index (χ4v) is 4.07. The predicted octanol–water partition coefficient (Wildman–Crippen LogP) is 1.24. The van der Waals surface area contributed by atoms with E-state index in [1.165, 1.54) is 0 Å². The fraction of sp³-hybridized carbons (Fsp3) is 0.778. The van der Waals surface area contributed by atoms with Crippen molar-refractivity contribution in [3.63, 3.8) is 0 Å². The Hall–Kier alpha value is -1.44. The second kappa shape index (κ2) is 7.05. The number of ether oxygens (including phenoxy) is 3. The quantitative estimate of drug-likeness (QED) is 0.818. The lowest BCUT2D eigenvalue weighted by molar-refractivity contribution is -0.188. The van der Waals surface area contributed by atoms with Crippen molar-refractivity contribution in [2.45, 2.75) is 37.4 Å². The van der Waals surface area contributed by atoms with Gasteiger partial charge in [-0.15, -0.1) is 0 Å². The molecule has 0 N–H and O–H groups in total. The average molecular weight is 349 g/mol. The Bertz CT molecular complexity index is 605. The predicted molar refractivity (Wildman–Crippen MR) is 90.3 cm³/mol. The summed E-state index contributed by atoms with van der Waals surface area (Å²) in [6, 6.07) is 1.76. The highest BCUT2D eigenvalue weighted by molar-refractivity contribution is 5.93. The van der Waals surface area contributed by atoms with Crippen LogP contribution in [0.1, 0.15) is 36.2 Å². The minimum Gasteiger partial charge on any atom is -0.381 e. The summed E-state index contributed by atoms with van der Waals surface area (Å²) < 4.78 is 19.2. The van der Waals surface area contributed by atoms with Crippen molar-refractivity contribution >= 4 is 5.91 Å². The first-order chi connectivity index (χ1) is 12.2. The first-order valence-corrected chi connectivity index (χ1v) is 9.26. The Labute approximate surface area is 148 Å². The highest BCUT2D eigenvalue weighted by Gasteiger charge is 2.50. The van der Waals surface area contributed by atoms with Crippen LogP contribution in [-0.4, -0.2) is 71.8 Å². The molecule has 1 aromatic heterocycles. The summed E-state index contributed by atoms with van der Waals surface area (Å²) in [5.74, 6) is 0.649. The van der Waals surface area contributed by atoms with Crippen molar-refractivity contribution in [2.24, 2.45) is 13.0 Å². The molecule has 4 heterocycles. The Morgan fingerprint density at radius 2 is 2.12 bits per heavy atom. The summed E-state index contributed by atoms with van der Waals surface area (Å²) in [7, 11) is 1.79. The van der Waals surface area contributed by atoms with Gasteiger partial charge >= 0.3 is 0 Å². The zero-order chi connectivity index (χ0) is 17.3. The van der Waals surface area contributed by atoms with Crippen LogP contribution < -0.4 is 0 Å². The van der Waals surface area contributed by atoms with Gasteiger partial charge in [-0.2, -0.15) is 5.10 Å². The van der Waals surface area contributed by atoms with Crippen LogP contribution in [0.4, 0.5) is 0 Å². The standard InChI is InChI=1S/C18H27N3O4/c1-20-16(2-6-19-20)17(22)21-12-18(13-21)10-15(5-9-25-18)24-11-14-3-7-23-8-4-14/h2,6,14-15H,3-5,7-13H2,1H3/t15-/m0/s1. The lowest BCUT2D eigenvalue weighted by atomic mass is 9.84. The molecule has 0 unspecified atom stereocenters. The van der Waals surface area contributed by atoms with Crippen LogP contribution in [0.2, 0.25) is 0 Å². The molecule has 0 bridgehead atoms. The van der Waals surface area contributed by atoms with Crippen LogP contribution >= 0.6 is 0 Å². The molecule has 1 amide bonds. The molecule has 0 saturated carbocycles. The Morgan fingerprint density at radius 3 is 2.84 bits per heavy atom. The fourth-order valence-electron chi connectivity index (χ4n) is 4.07. The van der Waals surface area contributed by atoms with Crippen molar-refractivity contribution in [3.05, 3.63) is 18.0 Å². The maximum Gasteiger partial charge on any atom is 0.272 e. The van der Waals surface area contributed by atoms with Crippen LogP contribution in [0.25, 0.3) is 0 Å². The molecule has 0 aromatic carbocycles. The number of rotatable bonds is 4. The molecule has 7 nitrogen and oxygen atoms in total. The molecule has 138 valence electrons. The van der Waals surface area contributed by atoms with E-state index in [-0.39, 0.29) is 17.6 Å². The van der Waals surface area contributed by atoms with Crippen LogP contribution in [0, 0.1) is 5.92 Å². The van der Waals surface area contributed by atoms with Crippen molar-refractivity contribution in [1.82, 2.24) is 14.7 Å². The number of carbonyl (C=O) groups excluding carboxylic acids is 1. The Morgan fingerprint density at radius 1 is 1.32 bits per heavy atom. The van der Waals surface area contributed by atoms with Gasteiger partial charge in [0.15, 0.2) is 0 Å². The third-order valence-electron chi connectivity index (χ3n) is 5.64. The van der Waals surface area contributed by atoms with Gasteiger partial charge in [0.2, 0.25) is 0 Å². The van der Waals surface area contributed by atoms with Gasteiger partial charge in [0.05, 0.1) is 19.2 Å². The zero-order valence-electron chi connectivity index (χ0n) is 14.9. The highest BCUT2D eigenvalue weighted by atomic mass is 16.5. The second-order valence-electron chi connectivity index (χ2n) is 7.54. The molecular weight excluding hydrogens is 322 g/mol. The summed E-state index contributed by atoms with van der Waals surface area (Å²) in [5, 5.41) is 4.07. The average Bonchev–Trinajstić information content (AvgIpc) is 3.04. The molecule has 3 aliphatic heterocycles. The summed E-state index contributed by atoms with van der Waals surface area (Å²) in [6.07, 6.45) is 5.92. The normalized spacial score (nSPS) is 26.6. The maximum atomic E-state index is 12.5. The molecule has 3 saturated heterocycles. The van der Waals surface area contributed by atoms with E-state index < -0.39 is 0 Å². The summed E-state index contributed by atoms with van der Waals surface area (Å²) in [5.41, 5.74) is 0.408. The molecular formula is C18H27N3O4. The molecule has 25 heavy (non-hydrogen) atoms. The van der Waals surface area contributed by atoms with Gasteiger partial charge in [-0.05, 0) is 31.2 Å². The van der Waals surface area contributed by atoms with E-state index in [1.54, 1.807) is 24.0 Å². The monoisotopic (exact) mass is 349 g/mol. The number of likely N-dealkylation sites (tertiary alicyclic amines) is 1. The van der Waals surface area contributed by atoms with Crippen LogP contribution in [-0.2, 0) is 21.3 Å². The first-order valence-electron chi connectivity index (χ1n) is 9.26. The summed E-state index contributed by atoms with van der Waals surface area (Å²) >= 11 is 0. The van der Waals surface area contributed by atoms with Gasteiger partial charge in [0, 0.05) is 46.1 Å². The smallest absolute Gasteiger partial charge is 0.272 e. The van der Waals surface area contributed by atoms with E-state index in [0.717, 1.165) is 45.5 Å². The number of hydrogen-bond acceptors (Lipinski definition) is 5. The van der Waals surface area contributed by atoms with Crippen LogP contribution in [0.3, 0.4) is 0 Å². The molecule has 3 fully saturated rings. The van der Waals surface area contributed by atoms with E-state index in [0.29, 0.717) is 31.3 Å². The van der Waals surface area contributed by atoms with E-state index in [4.69, 9.17) is 14.2 Å². The Balaban J connectivity index is 1.27. The number of carbonyl (C=O) groups is 1. The SMILES string of the molecule is Cn1nccc1C(=O)N1CC2(C[C@@H](OCC3CCOCC3)CCO2)C1. The number of aromatic nitrogens is 2. The van der Waals surface area contributed by atoms with Crippen molar-refractivity contribution < 1.29 is 19.0 Å². The second-order valence-corrected chi connectivity index (χ2v) is 7.54. The summed E-state index contributed by atoms with van der Waals surface area (Å²) in [4.78, 5) is 14.4. The van der Waals surface area contributed by atoms with Gasteiger partial charge in [-0.3, -0.25) is 9.48 Å².